The van der Waals surface area contributed by atoms with E-state index in [1.54, 1.807) is 18.2 Å². The first-order valence-electron chi connectivity index (χ1n) is 10.0. The molecule has 0 radical (unpaired) electrons. The minimum atomic E-state index is -0.462. The number of rotatable bonds is 5. The maximum atomic E-state index is 14.1. The number of para-hydroxylation sites is 1. The van der Waals surface area contributed by atoms with Crippen molar-refractivity contribution in [2.75, 3.05) is 36.0 Å². The molecule has 8 nitrogen and oxygen atoms in total. The summed E-state index contributed by atoms with van der Waals surface area (Å²) in [5.74, 6) is 0.0459. The van der Waals surface area contributed by atoms with Gasteiger partial charge in [0.2, 0.25) is 5.82 Å². The molecular formula is C20H24FN5O3. The lowest BCUT2D eigenvalue weighted by atomic mass is 9.98. The topological polar surface area (TPSA) is 84.6 Å². The number of ether oxygens (including phenoxy) is 1. The van der Waals surface area contributed by atoms with Crippen LogP contribution in [0, 0.1) is 15.9 Å². The Morgan fingerprint density at radius 1 is 1.03 bits per heavy atom. The highest BCUT2D eigenvalue weighted by molar-refractivity contribution is 5.63. The van der Waals surface area contributed by atoms with E-state index in [0.717, 1.165) is 25.7 Å². The maximum Gasteiger partial charge on any atom is 0.372 e. The SMILES string of the molecule is O=[N+]([O-])c1c(OC2CCCCC2)ncnc1N1CCN(c2ccccc2F)CC1. The first-order valence-corrected chi connectivity index (χ1v) is 10.0. The van der Waals surface area contributed by atoms with Crippen LogP contribution in [0.2, 0.25) is 0 Å². The van der Waals surface area contributed by atoms with Crippen molar-refractivity contribution < 1.29 is 14.1 Å². The van der Waals surface area contributed by atoms with Crippen LogP contribution in [0.5, 0.6) is 5.88 Å². The summed E-state index contributed by atoms with van der Waals surface area (Å²) in [7, 11) is 0. The third-order valence-electron chi connectivity index (χ3n) is 5.55. The number of hydrogen-bond acceptors (Lipinski definition) is 7. The van der Waals surface area contributed by atoms with Crippen molar-refractivity contribution in [3.63, 3.8) is 0 Å². The second kappa shape index (κ2) is 8.59. The Hall–Kier alpha value is -2.97. The predicted molar refractivity (Wildman–Crippen MR) is 107 cm³/mol. The predicted octanol–water partition coefficient (Wildman–Crippen LogP) is 3.56. The Morgan fingerprint density at radius 2 is 1.72 bits per heavy atom. The Labute approximate surface area is 168 Å². The Morgan fingerprint density at radius 3 is 2.41 bits per heavy atom. The number of hydrogen-bond donors (Lipinski definition) is 0. The molecule has 1 saturated carbocycles. The van der Waals surface area contributed by atoms with Crippen LogP contribution in [0.25, 0.3) is 0 Å². The zero-order valence-corrected chi connectivity index (χ0v) is 16.2. The third-order valence-corrected chi connectivity index (χ3v) is 5.55. The standard InChI is InChI=1S/C20H24FN5O3/c21-16-8-4-5-9-17(16)24-10-12-25(13-11-24)19-18(26(27)28)20(23-14-22-19)29-15-6-2-1-3-7-15/h4-5,8-9,14-15H,1-3,6-7,10-13H2. The van der Waals surface area contributed by atoms with E-state index in [-0.39, 0.29) is 29.3 Å². The molecule has 4 rings (SSSR count). The quantitative estimate of drug-likeness (QED) is 0.559. The first-order chi connectivity index (χ1) is 14.1. The highest BCUT2D eigenvalue weighted by Crippen LogP contribution is 2.36. The Kier molecular flexibility index (Phi) is 5.73. The van der Waals surface area contributed by atoms with Crippen LogP contribution in [-0.4, -0.2) is 47.2 Å². The average Bonchev–Trinajstić information content (AvgIpc) is 2.75. The van der Waals surface area contributed by atoms with Gasteiger partial charge in [-0.25, -0.2) is 9.37 Å². The molecule has 1 saturated heterocycles. The molecule has 0 amide bonds. The summed E-state index contributed by atoms with van der Waals surface area (Å²) >= 11 is 0. The highest BCUT2D eigenvalue weighted by Gasteiger charge is 2.32. The van der Waals surface area contributed by atoms with Crippen LogP contribution in [0.3, 0.4) is 0 Å². The number of piperazine rings is 1. The van der Waals surface area contributed by atoms with E-state index in [1.807, 2.05) is 9.80 Å². The fourth-order valence-electron chi connectivity index (χ4n) is 4.04. The van der Waals surface area contributed by atoms with Crippen molar-refractivity contribution in [1.82, 2.24) is 9.97 Å². The molecule has 2 heterocycles. The van der Waals surface area contributed by atoms with E-state index in [0.29, 0.717) is 31.9 Å². The maximum absolute atomic E-state index is 14.1. The molecule has 2 fully saturated rings. The van der Waals surface area contributed by atoms with Gasteiger partial charge in [-0.15, -0.1) is 0 Å². The molecule has 1 aromatic heterocycles. The molecule has 0 atom stereocenters. The molecule has 1 aliphatic heterocycles. The average molecular weight is 401 g/mol. The highest BCUT2D eigenvalue weighted by atomic mass is 19.1. The van der Waals surface area contributed by atoms with E-state index in [1.165, 1.54) is 18.8 Å². The largest absolute Gasteiger partial charge is 0.469 e. The first kappa shape index (κ1) is 19.4. The lowest BCUT2D eigenvalue weighted by Crippen LogP contribution is -2.47. The van der Waals surface area contributed by atoms with Gasteiger partial charge in [-0.3, -0.25) is 10.1 Å². The van der Waals surface area contributed by atoms with Gasteiger partial charge < -0.3 is 14.5 Å². The zero-order valence-electron chi connectivity index (χ0n) is 16.2. The van der Waals surface area contributed by atoms with Crippen LogP contribution in [-0.2, 0) is 0 Å². The molecule has 2 aliphatic rings. The number of aromatic nitrogens is 2. The number of halogens is 1. The van der Waals surface area contributed by atoms with Gasteiger partial charge in [-0.1, -0.05) is 18.6 Å². The fourth-order valence-corrected chi connectivity index (χ4v) is 4.04. The molecule has 154 valence electrons. The van der Waals surface area contributed by atoms with Gasteiger partial charge in [0.15, 0.2) is 0 Å². The molecule has 29 heavy (non-hydrogen) atoms. The smallest absolute Gasteiger partial charge is 0.372 e. The van der Waals surface area contributed by atoms with Gasteiger partial charge >= 0.3 is 5.69 Å². The van der Waals surface area contributed by atoms with Gasteiger partial charge in [0.1, 0.15) is 18.2 Å². The van der Waals surface area contributed by atoms with Crippen molar-refractivity contribution in [2.45, 2.75) is 38.2 Å². The minimum absolute atomic E-state index is 0.0388. The lowest BCUT2D eigenvalue weighted by molar-refractivity contribution is -0.385. The van der Waals surface area contributed by atoms with Gasteiger partial charge in [-0.05, 0) is 37.8 Å². The summed E-state index contributed by atoms with van der Waals surface area (Å²) in [5.41, 5.74) is 0.364. The normalized spacial score (nSPS) is 18.0. The van der Waals surface area contributed by atoms with Crippen LogP contribution in [0.4, 0.5) is 21.6 Å². The summed E-state index contributed by atoms with van der Waals surface area (Å²) in [6, 6.07) is 6.64. The van der Waals surface area contributed by atoms with Crippen LogP contribution >= 0.6 is 0 Å². The van der Waals surface area contributed by atoms with Gasteiger partial charge in [0, 0.05) is 26.2 Å². The summed E-state index contributed by atoms with van der Waals surface area (Å²) in [5, 5.41) is 11.8. The Bertz CT molecular complexity index is 867. The molecule has 1 aliphatic carbocycles. The molecule has 0 bridgehead atoms. The summed E-state index contributed by atoms with van der Waals surface area (Å²) in [6.45, 7) is 2.08. The Balaban J connectivity index is 1.52. The van der Waals surface area contributed by atoms with E-state index < -0.39 is 4.92 Å². The van der Waals surface area contributed by atoms with E-state index in [9.17, 15) is 14.5 Å². The number of benzene rings is 1. The van der Waals surface area contributed by atoms with Crippen molar-refractivity contribution in [3.05, 3.63) is 46.5 Å². The summed E-state index contributed by atoms with van der Waals surface area (Å²) < 4.78 is 20.0. The number of nitro groups is 1. The van der Waals surface area contributed by atoms with E-state index >= 15 is 0 Å². The molecular weight excluding hydrogens is 377 g/mol. The zero-order chi connectivity index (χ0) is 20.2. The summed E-state index contributed by atoms with van der Waals surface area (Å²) in [6.07, 6.45) is 6.36. The number of nitrogens with zero attached hydrogens (tertiary/aromatic N) is 5. The number of anilines is 2. The molecule has 2 aromatic rings. The fraction of sp³-hybridized carbons (Fsp3) is 0.500. The third kappa shape index (κ3) is 4.23. The van der Waals surface area contributed by atoms with Gasteiger partial charge in [0.25, 0.3) is 5.88 Å². The second-order valence-corrected chi connectivity index (χ2v) is 7.41. The van der Waals surface area contributed by atoms with Crippen molar-refractivity contribution in [1.29, 1.82) is 0 Å². The minimum Gasteiger partial charge on any atom is -0.469 e. The molecule has 0 spiro atoms. The van der Waals surface area contributed by atoms with Crippen molar-refractivity contribution >= 4 is 17.2 Å². The van der Waals surface area contributed by atoms with E-state index in [4.69, 9.17) is 4.74 Å². The van der Waals surface area contributed by atoms with Gasteiger partial charge in [0.05, 0.1) is 10.6 Å². The van der Waals surface area contributed by atoms with Crippen molar-refractivity contribution in [3.8, 4) is 5.88 Å². The lowest BCUT2D eigenvalue weighted by Gasteiger charge is -2.36. The molecule has 9 heteroatoms. The monoisotopic (exact) mass is 401 g/mol. The van der Waals surface area contributed by atoms with Gasteiger partial charge in [-0.2, -0.15) is 4.98 Å². The van der Waals surface area contributed by atoms with Crippen LogP contribution in [0.1, 0.15) is 32.1 Å². The van der Waals surface area contributed by atoms with Crippen LogP contribution in [0.15, 0.2) is 30.6 Å². The molecule has 0 N–H and O–H groups in total. The second-order valence-electron chi connectivity index (χ2n) is 7.41. The van der Waals surface area contributed by atoms with Crippen LogP contribution < -0.4 is 14.5 Å². The van der Waals surface area contributed by atoms with E-state index in [2.05, 4.69) is 9.97 Å². The van der Waals surface area contributed by atoms with Crippen molar-refractivity contribution in [2.24, 2.45) is 0 Å². The molecule has 0 unspecified atom stereocenters. The molecule has 1 aromatic carbocycles. The summed E-state index contributed by atoms with van der Waals surface area (Å²) in [4.78, 5) is 23.4.